The molecular formula is C15H23O3P. The van der Waals surface area contributed by atoms with Crippen molar-refractivity contribution in [2.24, 2.45) is 5.92 Å². The molecule has 19 heavy (non-hydrogen) atoms. The molecule has 1 rings (SSSR count). The van der Waals surface area contributed by atoms with Gasteiger partial charge in [-0.15, -0.1) is 0 Å². The first-order valence-corrected chi connectivity index (χ1v) is 7.63. The van der Waals surface area contributed by atoms with Crippen molar-refractivity contribution in [2.75, 3.05) is 20.4 Å². The van der Waals surface area contributed by atoms with E-state index < -0.39 is 0 Å². The molecule has 0 fully saturated rings. The Balaban J connectivity index is 3.25. The first-order chi connectivity index (χ1) is 8.92. The van der Waals surface area contributed by atoms with Gasteiger partial charge in [0, 0.05) is 0 Å². The molecule has 1 unspecified atom stereocenters. The number of hydrogen-bond donors (Lipinski definition) is 0. The fraction of sp³-hybridized carbons (Fsp3) is 0.533. The summed E-state index contributed by atoms with van der Waals surface area (Å²) in [6.07, 6.45) is 0.901. The third-order valence-corrected chi connectivity index (χ3v) is 4.50. The lowest BCUT2D eigenvalue weighted by molar-refractivity contribution is 0.107. The SMILES string of the molecule is COc1c(C)cc(C)c(OC)c1C(=O)PCC(C)C. The number of aryl methyl sites for hydroxylation is 2. The minimum Gasteiger partial charge on any atom is -0.496 e. The van der Waals surface area contributed by atoms with E-state index in [0.717, 1.165) is 17.3 Å². The van der Waals surface area contributed by atoms with Gasteiger partial charge in [0.25, 0.3) is 0 Å². The van der Waals surface area contributed by atoms with Crippen molar-refractivity contribution in [3.8, 4) is 11.5 Å². The highest BCUT2D eigenvalue weighted by atomic mass is 31.1. The van der Waals surface area contributed by atoms with Gasteiger partial charge in [0.05, 0.1) is 14.2 Å². The summed E-state index contributed by atoms with van der Waals surface area (Å²) in [4.78, 5) is 12.5. The van der Waals surface area contributed by atoms with Crippen LogP contribution in [0, 0.1) is 19.8 Å². The largest absolute Gasteiger partial charge is 0.496 e. The molecule has 0 saturated heterocycles. The summed E-state index contributed by atoms with van der Waals surface area (Å²) < 4.78 is 10.8. The number of benzene rings is 1. The number of carbonyl (C=O) groups excluding carboxylic acids is 1. The van der Waals surface area contributed by atoms with E-state index in [4.69, 9.17) is 9.47 Å². The maximum atomic E-state index is 12.5. The highest BCUT2D eigenvalue weighted by Gasteiger charge is 2.22. The molecule has 0 N–H and O–H groups in total. The highest BCUT2D eigenvalue weighted by molar-refractivity contribution is 7.58. The predicted octanol–water partition coefficient (Wildman–Crippen LogP) is 3.80. The minimum absolute atomic E-state index is 0.120. The molecular weight excluding hydrogens is 259 g/mol. The van der Waals surface area contributed by atoms with Crippen LogP contribution in [0.3, 0.4) is 0 Å². The van der Waals surface area contributed by atoms with Crippen LogP contribution in [-0.2, 0) is 0 Å². The van der Waals surface area contributed by atoms with E-state index in [-0.39, 0.29) is 14.1 Å². The second kappa shape index (κ2) is 6.91. The van der Waals surface area contributed by atoms with Gasteiger partial charge in [-0.2, -0.15) is 0 Å². The minimum atomic E-state index is 0.120. The summed E-state index contributed by atoms with van der Waals surface area (Å²) >= 11 is 0. The van der Waals surface area contributed by atoms with E-state index in [9.17, 15) is 4.79 Å². The monoisotopic (exact) mass is 282 g/mol. The third kappa shape index (κ3) is 3.70. The molecule has 0 saturated carbocycles. The maximum absolute atomic E-state index is 12.5. The van der Waals surface area contributed by atoms with Crippen molar-refractivity contribution in [3.05, 3.63) is 22.8 Å². The summed E-state index contributed by atoms with van der Waals surface area (Å²) in [5, 5.41) is 0. The fourth-order valence-corrected chi connectivity index (χ4v) is 3.07. The Morgan fingerprint density at radius 3 is 2.00 bits per heavy atom. The van der Waals surface area contributed by atoms with Crippen molar-refractivity contribution in [1.29, 1.82) is 0 Å². The second-order valence-corrected chi connectivity index (χ2v) is 6.27. The zero-order valence-corrected chi connectivity index (χ0v) is 13.6. The Morgan fingerprint density at radius 2 is 1.63 bits per heavy atom. The third-order valence-electron chi connectivity index (χ3n) is 2.91. The Morgan fingerprint density at radius 1 is 1.16 bits per heavy atom. The molecule has 106 valence electrons. The van der Waals surface area contributed by atoms with Crippen LogP contribution in [0.4, 0.5) is 0 Å². The van der Waals surface area contributed by atoms with E-state index in [2.05, 4.69) is 13.8 Å². The van der Waals surface area contributed by atoms with Crippen LogP contribution < -0.4 is 9.47 Å². The van der Waals surface area contributed by atoms with Crippen LogP contribution in [0.5, 0.6) is 11.5 Å². The Hall–Kier alpha value is -1.08. The van der Waals surface area contributed by atoms with Crippen LogP contribution in [-0.4, -0.2) is 25.9 Å². The van der Waals surface area contributed by atoms with E-state index in [1.54, 1.807) is 14.2 Å². The molecule has 0 aromatic heterocycles. The summed E-state index contributed by atoms with van der Waals surface area (Å²) in [7, 11) is 3.45. The van der Waals surface area contributed by atoms with E-state index in [1.807, 2.05) is 19.9 Å². The van der Waals surface area contributed by atoms with Gasteiger partial charge >= 0.3 is 0 Å². The number of hydrogen-bond acceptors (Lipinski definition) is 3. The zero-order chi connectivity index (χ0) is 14.6. The van der Waals surface area contributed by atoms with E-state index in [1.165, 1.54) is 0 Å². The summed E-state index contributed by atoms with van der Waals surface area (Å²) in [6, 6.07) is 1.99. The van der Waals surface area contributed by atoms with Crippen molar-refractivity contribution in [2.45, 2.75) is 27.7 Å². The van der Waals surface area contributed by atoms with Gasteiger partial charge < -0.3 is 9.47 Å². The van der Waals surface area contributed by atoms with Crippen LogP contribution in [0.15, 0.2) is 6.07 Å². The lowest BCUT2D eigenvalue weighted by Gasteiger charge is -2.17. The molecule has 1 aromatic carbocycles. The smallest absolute Gasteiger partial charge is 0.188 e. The number of ether oxygens (including phenoxy) is 2. The molecule has 0 aliphatic carbocycles. The Bertz CT molecular complexity index is 439. The molecule has 4 heteroatoms. The molecule has 0 radical (unpaired) electrons. The van der Waals surface area contributed by atoms with Crippen molar-refractivity contribution in [3.63, 3.8) is 0 Å². The second-order valence-electron chi connectivity index (χ2n) is 5.06. The van der Waals surface area contributed by atoms with Gasteiger partial charge in [-0.05, 0) is 51.7 Å². The van der Waals surface area contributed by atoms with E-state index in [0.29, 0.717) is 23.0 Å². The topological polar surface area (TPSA) is 35.5 Å². The van der Waals surface area contributed by atoms with Crippen molar-refractivity contribution < 1.29 is 14.3 Å². The van der Waals surface area contributed by atoms with Crippen LogP contribution in [0.1, 0.15) is 35.3 Å². The molecule has 1 aromatic rings. The van der Waals surface area contributed by atoms with Gasteiger partial charge in [-0.3, -0.25) is 4.79 Å². The normalized spacial score (nSPS) is 11.3. The molecule has 0 aliphatic heterocycles. The molecule has 1 atom stereocenters. The van der Waals surface area contributed by atoms with Gasteiger partial charge in [0.2, 0.25) is 0 Å². The first kappa shape index (κ1) is 16.0. The predicted molar refractivity (Wildman–Crippen MR) is 81.4 cm³/mol. The average Bonchev–Trinajstić information content (AvgIpc) is 2.35. The van der Waals surface area contributed by atoms with Gasteiger partial charge in [0.15, 0.2) is 5.52 Å². The zero-order valence-electron chi connectivity index (χ0n) is 12.6. The Labute approximate surface area is 117 Å². The molecule has 0 aliphatic rings. The van der Waals surface area contributed by atoms with Crippen molar-refractivity contribution >= 4 is 14.1 Å². The molecule has 0 spiro atoms. The summed E-state index contributed by atoms with van der Waals surface area (Å²) in [5.74, 6) is 1.80. The standard InChI is InChI=1S/C15H23O3P/c1-9(2)8-19-15(16)12-13(17-5)10(3)7-11(4)14(12)18-6/h7,9,19H,8H2,1-6H3. The molecule has 0 amide bonds. The van der Waals surface area contributed by atoms with Gasteiger partial charge in [-0.1, -0.05) is 13.8 Å². The first-order valence-electron chi connectivity index (χ1n) is 6.42. The number of rotatable bonds is 6. The van der Waals surface area contributed by atoms with Gasteiger partial charge in [0.1, 0.15) is 17.1 Å². The number of carbonyl (C=O) groups is 1. The Kier molecular flexibility index (Phi) is 5.81. The summed E-state index contributed by atoms with van der Waals surface area (Å²) in [5.41, 5.74) is 2.66. The van der Waals surface area contributed by atoms with Crippen molar-refractivity contribution in [1.82, 2.24) is 0 Å². The molecule has 3 nitrogen and oxygen atoms in total. The maximum Gasteiger partial charge on any atom is 0.188 e. The highest BCUT2D eigenvalue weighted by Crippen LogP contribution is 2.39. The van der Waals surface area contributed by atoms with Gasteiger partial charge in [-0.25, -0.2) is 0 Å². The lowest BCUT2D eigenvalue weighted by Crippen LogP contribution is -2.06. The lowest BCUT2D eigenvalue weighted by atomic mass is 10.0. The van der Waals surface area contributed by atoms with E-state index >= 15 is 0 Å². The molecule has 0 heterocycles. The van der Waals surface area contributed by atoms with Crippen LogP contribution in [0.2, 0.25) is 0 Å². The van der Waals surface area contributed by atoms with Crippen LogP contribution >= 0.6 is 8.58 Å². The average molecular weight is 282 g/mol. The molecule has 0 bridgehead atoms. The number of methoxy groups -OCH3 is 2. The van der Waals surface area contributed by atoms with Crippen LogP contribution in [0.25, 0.3) is 0 Å². The summed E-state index contributed by atoms with van der Waals surface area (Å²) in [6.45, 7) is 8.15. The fourth-order valence-electron chi connectivity index (χ4n) is 2.07. The quantitative estimate of drug-likeness (QED) is 0.745.